The zero-order valence-electron chi connectivity index (χ0n) is 14.1. The van der Waals surface area contributed by atoms with Crippen LogP contribution >= 0.6 is 0 Å². The van der Waals surface area contributed by atoms with Crippen LogP contribution in [0.4, 0.5) is 0 Å². The second-order valence-corrected chi connectivity index (χ2v) is 6.72. The maximum Gasteiger partial charge on any atom is 0.165 e. The first-order valence-electron chi connectivity index (χ1n) is 9.01. The monoisotopic (exact) mass is 306 g/mol. The largest absolute Gasteiger partial charge is 0.294 e. The average Bonchev–Trinajstić information content (AvgIpc) is 2.63. The predicted octanol–water partition coefficient (Wildman–Crippen LogP) is 6.07. The van der Waals surface area contributed by atoms with E-state index in [2.05, 4.69) is 43.3 Å². The van der Waals surface area contributed by atoms with Crippen LogP contribution in [-0.2, 0) is 6.42 Å². The van der Waals surface area contributed by atoms with Crippen LogP contribution in [0.5, 0.6) is 0 Å². The SMILES string of the molecule is CCCc1ccc(-c2ccc(C(=O)C3CCCCC3)cc2)cc1. The summed E-state index contributed by atoms with van der Waals surface area (Å²) in [7, 11) is 0. The molecule has 0 unspecified atom stereocenters. The average molecular weight is 306 g/mol. The third kappa shape index (κ3) is 3.90. The predicted molar refractivity (Wildman–Crippen MR) is 96.8 cm³/mol. The molecular formula is C22H26O. The molecule has 0 saturated heterocycles. The summed E-state index contributed by atoms with van der Waals surface area (Å²) in [5, 5.41) is 0. The van der Waals surface area contributed by atoms with Gasteiger partial charge in [0.2, 0.25) is 0 Å². The molecule has 0 amide bonds. The minimum Gasteiger partial charge on any atom is -0.294 e. The third-order valence-corrected chi connectivity index (χ3v) is 4.97. The number of aryl methyl sites for hydroxylation is 1. The van der Waals surface area contributed by atoms with Crippen molar-refractivity contribution in [3.8, 4) is 11.1 Å². The van der Waals surface area contributed by atoms with E-state index >= 15 is 0 Å². The summed E-state index contributed by atoms with van der Waals surface area (Å²) in [5.74, 6) is 0.595. The Morgan fingerprint density at radius 3 is 2.00 bits per heavy atom. The van der Waals surface area contributed by atoms with Crippen molar-refractivity contribution in [1.29, 1.82) is 0 Å². The van der Waals surface area contributed by atoms with Crippen LogP contribution in [0.2, 0.25) is 0 Å². The molecule has 0 aliphatic heterocycles. The minimum absolute atomic E-state index is 0.253. The molecule has 120 valence electrons. The third-order valence-electron chi connectivity index (χ3n) is 4.97. The zero-order valence-corrected chi connectivity index (χ0v) is 14.1. The van der Waals surface area contributed by atoms with Crippen molar-refractivity contribution in [2.45, 2.75) is 51.9 Å². The topological polar surface area (TPSA) is 17.1 Å². The van der Waals surface area contributed by atoms with Gasteiger partial charge >= 0.3 is 0 Å². The van der Waals surface area contributed by atoms with Gasteiger partial charge in [-0.2, -0.15) is 0 Å². The van der Waals surface area contributed by atoms with Gasteiger partial charge in [0.15, 0.2) is 5.78 Å². The molecule has 0 spiro atoms. The standard InChI is InChI=1S/C22H26O/c1-2-6-17-9-11-18(12-10-17)19-13-15-21(16-14-19)22(23)20-7-4-3-5-8-20/h9-16,20H,2-8H2,1H3. The fourth-order valence-corrected chi connectivity index (χ4v) is 3.58. The van der Waals surface area contributed by atoms with E-state index in [4.69, 9.17) is 0 Å². The summed E-state index contributed by atoms with van der Waals surface area (Å²) in [4.78, 5) is 12.6. The summed E-state index contributed by atoms with van der Waals surface area (Å²) in [5.41, 5.74) is 4.68. The maximum atomic E-state index is 12.6. The number of benzene rings is 2. The highest BCUT2D eigenvalue weighted by Crippen LogP contribution is 2.28. The van der Waals surface area contributed by atoms with Crippen molar-refractivity contribution < 1.29 is 4.79 Å². The molecule has 23 heavy (non-hydrogen) atoms. The molecule has 0 N–H and O–H groups in total. The fraction of sp³-hybridized carbons (Fsp3) is 0.409. The van der Waals surface area contributed by atoms with Gasteiger partial charge in [0.1, 0.15) is 0 Å². The Labute approximate surface area is 139 Å². The molecular weight excluding hydrogens is 280 g/mol. The van der Waals surface area contributed by atoms with Crippen molar-refractivity contribution in [3.05, 3.63) is 59.7 Å². The van der Waals surface area contributed by atoms with Crippen LogP contribution in [0.1, 0.15) is 61.4 Å². The minimum atomic E-state index is 0.253. The van der Waals surface area contributed by atoms with E-state index < -0.39 is 0 Å². The Morgan fingerprint density at radius 1 is 0.870 bits per heavy atom. The van der Waals surface area contributed by atoms with Crippen LogP contribution < -0.4 is 0 Å². The van der Waals surface area contributed by atoms with Crippen molar-refractivity contribution in [3.63, 3.8) is 0 Å². The molecule has 0 atom stereocenters. The number of hydrogen-bond acceptors (Lipinski definition) is 1. The number of carbonyl (C=O) groups excluding carboxylic acids is 1. The molecule has 1 nitrogen and oxygen atoms in total. The number of carbonyl (C=O) groups is 1. The van der Waals surface area contributed by atoms with E-state index in [0.717, 1.165) is 24.8 Å². The maximum absolute atomic E-state index is 12.6. The first kappa shape index (κ1) is 16.0. The van der Waals surface area contributed by atoms with Crippen molar-refractivity contribution in [2.24, 2.45) is 5.92 Å². The molecule has 1 fully saturated rings. The second-order valence-electron chi connectivity index (χ2n) is 6.72. The Bertz CT molecular complexity index is 631. The van der Waals surface area contributed by atoms with E-state index in [1.54, 1.807) is 0 Å². The van der Waals surface area contributed by atoms with Crippen molar-refractivity contribution in [1.82, 2.24) is 0 Å². The smallest absolute Gasteiger partial charge is 0.165 e. The molecule has 1 aliphatic carbocycles. The first-order chi connectivity index (χ1) is 11.3. The highest BCUT2D eigenvalue weighted by Gasteiger charge is 2.22. The summed E-state index contributed by atoms with van der Waals surface area (Å²) < 4.78 is 0. The molecule has 1 aliphatic rings. The lowest BCUT2D eigenvalue weighted by Gasteiger charge is -2.20. The van der Waals surface area contributed by atoms with Crippen LogP contribution in [0.3, 0.4) is 0 Å². The molecule has 0 heterocycles. The molecule has 2 aromatic rings. The fourth-order valence-electron chi connectivity index (χ4n) is 3.58. The van der Waals surface area contributed by atoms with Gasteiger partial charge < -0.3 is 0 Å². The van der Waals surface area contributed by atoms with Crippen LogP contribution in [0.15, 0.2) is 48.5 Å². The van der Waals surface area contributed by atoms with E-state index in [9.17, 15) is 4.79 Å². The summed E-state index contributed by atoms with van der Waals surface area (Å²) in [6, 6.07) is 17.0. The summed E-state index contributed by atoms with van der Waals surface area (Å²) >= 11 is 0. The highest BCUT2D eigenvalue weighted by atomic mass is 16.1. The molecule has 0 aromatic heterocycles. The summed E-state index contributed by atoms with van der Waals surface area (Å²) in [6.07, 6.45) is 8.15. The summed E-state index contributed by atoms with van der Waals surface area (Å²) in [6.45, 7) is 2.20. The highest BCUT2D eigenvalue weighted by molar-refractivity contribution is 5.98. The van der Waals surface area contributed by atoms with E-state index in [0.29, 0.717) is 5.78 Å². The Kier molecular flexibility index (Phi) is 5.27. The van der Waals surface area contributed by atoms with Crippen LogP contribution in [0.25, 0.3) is 11.1 Å². The van der Waals surface area contributed by atoms with Crippen LogP contribution in [0, 0.1) is 5.92 Å². The zero-order chi connectivity index (χ0) is 16.1. The van der Waals surface area contributed by atoms with E-state index in [-0.39, 0.29) is 5.92 Å². The molecule has 0 radical (unpaired) electrons. The molecule has 0 bridgehead atoms. The Morgan fingerprint density at radius 2 is 1.43 bits per heavy atom. The second kappa shape index (κ2) is 7.59. The number of Topliss-reactive ketones (excluding diaryl/α,β-unsaturated/α-hetero) is 1. The molecule has 1 saturated carbocycles. The van der Waals surface area contributed by atoms with Crippen molar-refractivity contribution >= 4 is 5.78 Å². The first-order valence-corrected chi connectivity index (χ1v) is 9.01. The Hall–Kier alpha value is -1.89. The van der Waals surface area contributed by atoms with Gasteiger partial charge in [0.25, 0.3) is 0 Å². The van der Waals surface area contributed by atoms with Gasteiger partial charge in [-0.1, -0.05) is 81.1 Å². The van der Waals surface area contributed by atoms with Gasteiger partial charge in [0.05, 0.1) is 0 Å². The van der Waals surface area contributed by atoms with Crippen LogP contribution in [-0.4, -0.2) is 5.78 Å². The van der Waals surface area contributed by atoms with E-state index in [1.165, 1.54) is 42.4 Å². The molecule has 1 heteroatoms. The van der Waals surface area contributed by atoms with E-state index in [1.807, 2.05) is 12.1 Å². The van der Waals surface area contributed by atoms with Gasteiger partial charge in [-0.05, 0) is 36.0 Å². The number of rotatable bonds is 5. The molecule has 2 aromatic carbocycles. The lowest BCUT2D eigenvalue weighted by molar-refractivity contribution is 0.0889. The van der Waals surface area contributed by atoms with Crippen molar-refractivity contribution in [2.75, 3.05) is 0 Å². The quantitative estimate of drug-likeness (QED) is 0.613. The van der Waals surface area contributed by atoms with Gasteiger partial charge in [-0.25, -0.2) is 0 Å². The van der Waals surface area contributed by atoms with Gasteiger partial charge in [0, 0.05) is 11.5 Å². The lowest BCUT2D eigenvalue weighted by Crippen LogP contribution is -2.17. The normalized spacial score (nSPS) is 15.5. The number of hydrogen-bond donors (Lipinski definition) is 0. The number of ketones is 1. The molecule has 3 rings (SSSR count). The Balaban J connectivity index is 1.72. The van der Waals surface area contributed by atoms with Gasteiger partial charge in [-0.3, -0.25) is 4.79 Å². The lowest BCUT2D eigenvalue weighted by atomic mass is 9.83. The van der Waals surface area contributed by atoms with Gasteiger partial charge in [-0.15, -0.1) is 0 Å².